The topological polar surface area (TPSA) is 55.2 Å². The zero-order chi connectivity index (χ0) is 14.7. The SMILES string of the molecule is CCN(C(C)=O)c1nn(C(C)=O)cc1-c1ccccc1. The van der Waals surface area contributed by atoms with Crippen molar-refractivity contribution < 1.29 is 9.59 Å². The third-order valence-corrected chi connectivity index (χ3v) is 3.05. The van der Waals surface area contributed by atoms with Crippen molar-refractivity contribution in [2.75, 3.05) is 11.4 Å². The van der Waals surface area contributed by atoms with Crippen molar-refractivity contribution in [3.8, 4) is 11.1 Å². The molecule has 0 radical (unpaired) electrons. The van der Waals surface area contributed by atoms with E-state index >= 15 is 0 Å². The molecule has 5 nitrogen and oxygen atoms in total. The number of amides is 1. The van der Waals surface area contributed by atoms with Gasteiger partial charge in [0, 0.05) is 32.2 Å². The predicted octanol–water partition coefficient (Wildman–Crippen LogP) is 2.58. The zero-order valence-electron chi connectivity index (χ0n) is 11.8. The molecule has 20 heavy (non-hydrogen) atoms. The summed E-state index contributed by atoms with van der Waals surface area (Å²) < 4.78 is 1.27. The van der Waals surface area contributed by atoms with Gasteiger partial charge in [-0.05, 0) is 12.5 Å². The van der Waals surface area contributed by atoms with Crippen molar-refractivity contribution in [2.45, 2.75) is 20.8 Å². The molecule has 0 atom stereocenters. The van der Waals surface area contributed by atoms with E-state index in [1.807, 2.05) is 37.3 Å². The lowest BCUT2D eigenvalue weighted by Gasteiger charge is -2.17. The Bertz CT molecular complexity index is 632. The van der Waals surface area contributed by atoms with E-state index in [1.54, 1.807) is 11.1 Å². The maximum absolute atomic E-state index is 11.7. The van der Waals surface area contributed by atoms with Crippen LogP contribution in [-0.4, -0.2) is 28.1 Å². The van der Waals surface area contributed by atoms with Crippen LogP contribution < -0.4 is 4.90 Å². The Labute approximate surface area is 117 Å². The molecule has 1 amide bonds. The highest BCUT2D eigenvalue weighted by atomic mass is 16.2. The molecule has 1 heterocycles. The number of rotatable bonds is 3. The van der Waals surface area contributed by atoms with Crippen LogP contribution in [-0.2, 0) is 4.79 Å². The molecule has 0 saturated heterocycles. The summed E-state index contributed by atoms with van der Waals surface area (Å²) in [7, 11) is 0. The van der Waals surface area contributed by atoms with Gasteiger partial charge in [0.05, 0.1) is 0 Å². The molecule has 2 rings (SSSR count). The minimum Gasteiger partial charge on any atom is -0.295 e. The fourth-order valence-electron chi connectivity index (χ4n) is 2.07. The average molecular weight is 271 g/mol. The van der Waals surface area contributed by atoms with Gasteiger partial charge >= 0.3 is 0 Å². The molecule has 1 aromatic heterocycles. The van der Waals surface area contributed by atoms with Crippen molar-refractivity contribution in [3.63, 3.8) is 0 Å². The summed E-state index contributed by atoms with van der Waals surface area (Å²) in [5, 5.41) is 4.25. The van der Waals surface area contributed by atoms with Crippen LogP contribution in [0.1, 0.15) is 25.6 Å². The van der Waals surface area contributed by atoms with Gasteiger partial charge in [-0.15, -0.1) is 5.10 Å². The Hall–Kier alpha value is -2.43. The predicted molar refractivity (Wildman–Crippen MR) is 77.7 cm³/mol. The highest BCUT2D eigenvalue weighted by molar-refractivity contribution is 5.95. The van der Waals surface area contributed by atoms with E-state index in [9.17, 15) is 9.59 Å². The first-order valence-corrected chi connectivity index (χ1v) is 6.48. The second-order valence-electron chi connectivity index (χ2n) is 4.46. The summed E-state index contributed by atoms with van der Waals surface area (Å²) in [6, 6.07) is 9.60. The monoisotopic (exact) mass is 271 g/mol. The van der Waals surface area contributed by atoms with E-state index in [1.165, 1.54) is 18.5 Å². The molecule has 0 aliphatic carbocycles. The first-order valence-electron chi connectivity index (χ1n) is 6.48. The Balaban J connectivity index is 2.60. The van der Waals surface area contributed by atoms with Crippen LogP contribution in [0, 0.1) is 0 Å². The molecule has 0 N–H and O–H groups in total. The van der Waals surface area contributed by atoms with E-state index in [0.29, 0.717) is 12.4 Å². The molecule has 104 valence electrons. The van der Waals surface area contributed by atoms with Crippen molar-refractivity contribution >= 4 is 17.6 Å². The van der Waals surface area contributed by atoms with E-state index in [-0.39, 0.29) is 11.8 Å². The maximum atomic E-state index is 11.7. The van der Waals surface area contributed by atoms with Crippen LogP contribution in [0.2, 0.25) is 0 Å². The molecule has 0 spiro atoms. The highest BCUT2D eigenvalue weighted by Crippen LogP contribution is 2.29. The van der Waals surface area contributed by atoms with Gasteiger partial charge in [0.15, 0.2) is 5.82 Å². The second-order valence-corrected chi connectivity index (χ2v) is 4.46. The smallest absolute Gasteiger partial charge is 0.243 e. The molecule has 0 aliphatic heterocycles. The lowest BCUT2D eigenvalue weighted by Crippen LogP contribution is -2.29. The second kappa shape index (κ2) is 5.69. The number of anilines is 1. The van der Waals surface area contributed by atoms with Gasteiger partial charge in [-0.2, -0.15) is 0 Å². The lowest BCUT2D eigenvalue weighted by atomic mass is 10.1. The van der Waals surface area contributed by atoms with Gasteiger partial charge in [-0.1, -0.05) is 30.3 Å². The number of nitrogens with zero attached hydrogens (tertiary/aromatic N) is 3. The van der Waals surface area contributed by atoms with Gasteiger partial charge in [-0.3, -0.25) is 14.5 Å². The molecule has 0 unspecified atom stereocenters. The number of aromatic nitrogens is 2. The molecular formula is C15H17N3O2. The number of hydrogen-bond donors (Lipinski definition) is 0. The molecule has 0 saturated carbocycles. The third-order valence-electron chi connectivity index (χ3n) is 3.05. The fraction of sp³-hybridized carbons (Fsp3) is 0.267. The van der Waals surface area contributed by atoms with Gasteiger partial charge in [0.25, 0.3) is 0 Å². The molecule has 0 aliphatic rings. The van der Waals surface area contributed by atoms with E-state index in [0.717, 1.165) is 11.1 Å². The summed E-state index contributed by atoms with van der Waals surface area (Å²) in [5.74, 6) is 0.230. The van der Waals surface area contributed by atoms with E-state index < -0.39 is 0 Å². The van der Waals surface area contributed by atoms with Crippen molar-refractivity contribution in [1.29, 1.82) is 0 Å². The molecule has 1 aromatic carbocycles. The highest BCUT2D eigenvalue weighted by Gasteiger charge is 2.20. The molecular weight excluding hydrogens is 254 g/mol. The number of benzene rings is 1. The first-order chi connectivity index (χ1) is 9.54. The molecule has 2 aromatic rings. The Morgan fingerprint density at radius 3 is 2.35 bits per heavy atom. The van der Waals surface area contributed by atoms with Crippen LogP contribution in [0.5, 0.6) is 0 Å². The van der Waals surface area contributed by atoms with Crippen LogP contribution in [0.4, 0.5) is 5.82 Å². The van der Waals surface area contributed by atoms with Crippen LogP contribution in [0.15, 0.2) is 36.5 Å². The average Bonchev–Trinajstić information content (AvgIpc) is 2.85. The molecule has 0 fully saturated rings. The molecule has 0 bridgehead atoms. The summed E-state index contributed by atoms with van der Waals surface area (Å²) in [6.45, 7) is 5.31. The quantitative estimate of drug-likeness (QED) is 0.862. The maximum Gasteiger partial charge on any atom is 0.243 e. The van der Waals surface area contributed by atoms with Gasteiger partial charge in [-0.25, -0.2) is 4.68 Å². The van der Waals surface area contributed by atoms with Gasteiger partial charge in [0.2, 0.25) is 11.8 Å². The van der Waals surface area contributed by atoms with Crippen molar-refractivity contribution in [2.24, 2.45) is 0 Å². The minimum atomic E-state index is -0.187. The van der Waals surface area contributed by atoms with Crippen molar-refractivity contribution in [3.05, 3.63) is 36.5 Å². The normalized spacial score (nSPS) is 10.3. The van der Waals surface area contributed by atoms with Gasteiger partial charge < -0.3 is 0 Å². The summed E-state index contributed by atoms with van der Waals surface area (Å²) >= 11 is 0. The number of hydrogen-bond acceptors (Lipinski definition) is 3. The number of carbonyl (C=O) groups is 2. The fourth-order valence-corrected chi connectivity index (χ4v) is 2.07. The Morgan fingerprint density at radius 2 is 1.85 bits per heavy atom. The van der Waals surface area contributed by atoms with Crippen molar-refractivity contribution in [1.82, 2.24) is 9.78 Å². The van der Waals surface area contributed by atoms with Crippen LogP contribution in [0.25, 0.3) is 11.1 Å². The lowest BCUT2D eigenvalue weighted by molar-refractivity contribution is -0.116. The largest absolute Gasteiger partial charge is 0.295 e. The summed E-state index contributed by atoms with van der Waals surface area (Å²) in [5.41, 5.74) is 1.70. The summed E-state index contributed by atoms with van der Waals surface area (Å²) in [4.78, 5) is 24.8. The van der Waals surface area contributed by atoms with Crippen LogP contribution in [0.3, 0.4) is 0 Å². The minimum absolute atomic E-state index is 0.0986. The van der Waals surface area contributed by atoms with E-state index in [2.05, 4.69) is 5.10 Å². The third kappa shape index (κ3) is 2.61. The van der Waals surface area contributed by atoms with Crippen LogP contribution >= 0.6 is 0 Å². The van der Waals surface area contributed by atoms with E-state index in [4.69, 9.17) is 0 Å². The van der Waals surface area contributed by atoms with Gasteiger partial charge in [0.1, 0.15) is 0 Å². The standard InChI is InChI=1S/C15H17N3O2/c1-4-17(11(2)19)15-14(10-18(16-15)12(3)20)13-8-6-5-7-9-13/h5-10H,4H2,1-3H3. The zero-order valence-corrected chi connectivity index (χ0v) is 11.8. The number of carbonyl (C=O) groups excluding carboxylic acids is 2. The molecule has 5 heteroatoms. The first kappa shape index (κ1) is 14.0. The Kier molecular flexibility index (Phi) is 3.98. The Morgan fingerprint density at radius 1 is 1.20 bits per heavy atom. The summed E-state index contributed by atoms with van der Waals surface area (Å²) in [6.07, 6.45) is 1.67.